The average Bonchev–Trinajstić information content (AvgIpc) is 2.62. The van der Waals surface area contributed by atoms with Crippen LogP contribution in [0.5, 0.6) is 0 Å². The molecule has 2 aromatic carbocycles. The number of fused-ring (bicyclic) bond motifs is 1. The first-order valence-electron chi connectivity index (χ1n) is 8.33. The van der Waals surface area contributed by atoms with E-state index in [4.69, 9.17) is 4.42 Å². The molecule has 0 bridgehead atoms. The minimum absolute atomic E-state index is 0.0310. The molecule has 0 radical (unpaired) electrons. The molecule has 0 atom stereocenters. The van der Waals surface area contributed by atoms with Crippen LogP contribution >= 0.6 is 0 Å². The summed E-state index contributed by atoms with van der Waals surface area (Å²) in [5.41, 5.74) is 0.386. The van der Waals surface area contributed by atoms with Gasteiger partial charge in [0.1, 0.15) is 11.1 Å². The molecule has 3 aromatic rings. The van der Waals surface area contributed by atoms with Crippen LogP contribution in [0.2, 0.25) is 0 Å². The van der Waals surface area contributed by atoms with Crippen molar-refractivity contribution in [1.82, 2.24) is 0 Å². The van der Waals surface area contributed by atoms with Gasteiger partial charge in [-0.3, -0.25) is 9.52 Å². The number of amides is 1. The van der Waals surface area contributed by atoms with Crippen LogP contribution in [0.1, 0.15) is 23.7 Å². The van der Waals surface area contributed by atoms with Gasteiger partial charge in [-0.05, 0) is 42.8 Å². The first-order valence-corrected chi connectivity index (χ1v) is 9.98. The Morgan fingerprint density at radius 2 is 1.70 bits per heavy atom. The molecule has 0 fully saturated rings. The van der Waals surface area contributed by atoms with Gasteiger partial charge in [0.05, 0.1) is 5.75 Å². The molecule has 3 rings (SSSR count). The fourth-order valence-corrected chi connectivity index (χ4v) is 3.67. The fourth-order valence-electron chi connectivity index (χ4n) is 2.54. The largest absolute Gasteiger partial charge is 0.422 e. The zero-order valence-corrected chi connectivity index (χ0v) is 15.4. The second-order valence-corrected chi connectivity index (χ2v) is 7.78. The van der Waals surface area contributed by atoms with Crippen LogP contribution < -0.4 is 15.7 Å². The van der Waals surface area contributed by atoms with E-state index in [1.54, 1.807) is 43.3 Å². The van der Waals surface area contributed by atoms with Crippen molar-refractivity contribution in [2.24, 2.45) is 0 Å². The maximum absolute atomic E-state index is 12.4. The monoisotopic (exact) mass is 386 g/mol. The lowest BCUT2D eigenvalue weighted by Gasteiger charge is -2.09. The van der Waals surface area contributed by atoms with Crippen molar-refractivity contribution in [3.63, 3.8) is 0 Å². The molecule has 2 N–H and O–H groups in total. The van der Waals surface area contributed by atoms with E-state index in [0.29, 0.717) is 28.8 Å². The van der Waals surface area contributed by atoms with Gasteiger partial charge >= 0.3 is 5.63 Å². The molecule has 8 heteroatoms. The lowest BCUT2D eigenvalue weighted by molar-refractivity contribution is 0.102. The Balaban J connectivity index is 1.77. The molecule has 0 saturated carbocycles. The lowest BCUT2D eigenvalue weighted by Crippen LogP contribution is -2.20. The standard InChI is InChI=1S/C19H18N2O5S/c1-2-11-27(24,25)21-15-9-7-14(8-10-15)20-18(22)16-12-13-5-3-4-6-17(13)26-19(16)23/h3-10,12,21H,2,11H2,1H3,(H,20,22). The predicted molar refractivity (Wildman–Crippen MR) is 105 cm³/mol. The first-order chi connectivity index (χ1) is 12.9. The Morgan fingerprint density at radius 1 is 1.04 bits per heavy atom. The number of sulfonamides is 1. The van der Waals surface area contributed by atoms with Gasteiger partial charge in [-0.15, -0.1) is 0 Å². The molecule has 0 spiro atoms. The number of nitrogens with one attached hydrogen (secondary N) is 2. The van der Waals surface area contributed by atoms with E-state index in [1.807, 2.05) is 0 Å². The van der Waals surface area contributed by atoms with E-state index in [0.717, 1.165) is 0 Å². The Bertz CT molecular complexity index is 1130. The molecule has 0 aliphatic carbocycles. The average molecular weight is 386 g/mol. The molecule has 1 heterocycles. The minimum atomic E-state index is -3.38. The maximum Gasteiger partial charge on any atom is 0.349 e. The third-order valence-corrected chi connectivity index (χ3v) is 5.27. The molecule has 1 aromatic heterocycles. The summed E-state index contributed by atoms with van der Waals surface area (Å²) in [7, 11) is -3.38. The first kappa shape index (κ1) is 18.7. The normalized spacial score (nSPS) is 11.3. The number of hydrogen-bond acceptors (Lipinski definition) is 5. The van der Waals surface area contributed by atoms with E-state index in [9.17, 15) is 18.0 Å². The van der Waals surface area contributed by atoms with Gasteiger partial charge in [-0.2, -0.15) is 0 Å². The molecule has 0 unspecified atom stereocenters. The van der Waals surface area contributed by atoms with Crippen molar-refractivity contribution >= 4 is 38.3 Å². The van der Waals surface area contributed by atoms with Gasteiger partial charge < -0.3 is 9.73 Å². The highest BCUT2D eigenvalue weighted by Crippen LogP contribution is 2.17. The van der Waals surface area contributed by atoms with Gasteiger partial charge in [0, 0.05) is 16.8 Å². The zero-order chi connectivity index (χ0) is 19.4. The van der Waals surface area contributed by atoms with Crippen molar-refractivity contribution < 1.29 is 17.6 Å². The third kappa shape index (κ3) is 4.53. The lowest BCUT2D eigenvalue weighted by atomic mass is 10.1. The molecular formula is C19H18N2O5S. The number of carbonyl (C=O) groups is 1. The van der Waals surface area contributed by atoms with E-state index in [-0.39, 0.29) is 11.3 Å². The quantitative estimate of drug-likeness (QED) is 0.633. The van der Waals surface area contributed by atoms with Crippen molar-refractivity contribution in [3.8, 4) is 0 Å². The Hall–Kier alpha value is -3.13. The number of hydrogen-bond donors (Lipinski definition) is 2. The molecule has 0 aliphatic rings. The Kier molecular flexibility index (Phi) is 5.27. The topological polar surface area (TPSA) is 105 Å². The van der Waals surface area contributed by atoms with Crippen LogP contribution in [-0.4, -0.2) is 20.1 Å². The minimum Gasteiger partial charge on any atom is -0.422 e. The number of carbonyl (C=O) groups excluding carboxylic acids is 1. The van der Waals surface area contributed by atoms with Crippen LogP contribution in [0, 0.1) is 0 Å². The summed E-state index contributed by atoms with van der Waals surface area (Å²) in [5.74, 6) is -0.572. The fraction of sp³-hybridized carbons (Fsp3) is 0.158. The van der Waals surface area contributed by atoms with Crippen LogP contribution in [-0.2, 0) is 10.0 Å². The third-order valence-electron chi connectivity index (χ3n) is 3.78. The number of benzene rings is 2. The van der Waals surface area contributed by atoms with E-state index >= 15 is 0 Å². The summed E-state index contributed by atoms with van der Waals surface area (Å²) in [6.07, 6.45) is 0.512. The van der Waals surface area contributed by atoms with E-state index < -0.39 is 21.6 Å². The smallest absolute Gasteiger partial charge is 0.349 e. The summed E-state index contributed by atoms with van der Waals surface area (Å²) in [6, 6.07) is 14.5. The van der Waals surface area contributed by atoms with Gasteiger partial charge in [-0.1, -0.05) is 25.1 Å². The van der Waals surface area contributed by atoms with Gasteiger partial charge in [0.15, 0.2) is 0 Å². The summed E-state index contributed by atoms with van der Waals surface area (Å²) in [4.78, 5) is 24.4. The number of rotatable bonds is 6. The Labute approximate surface area is 156 Å². The molecule has 0 aliphatic heterocycles. The second kappa shape index (κ2) is 7.63. The van der Waals surface area contributed by atoms with Crippen molar-refractivity contribution in [2.75, 3.05) is 15.8 Å². The van der Waals surface area contributed by atoms with Gasteiger partial charge in [0.2, 0.25) is 10.0 Å². The van der Waals surface area contributed by atoms with Crippen LogP contribution in [0.3, 0.4) is 0 Å². The molecule has 27 heavy (non-hydrogen) atoms. The van der Waals surface area contributed by atoms with Gasteiger partial charge in [-0.25, -0.2) is 13.2 Å². The van der Waals surface area contributed by atoms with Crippen molar-refractivity contribution in [3.05, 3.63) is 70.6 Å². The van der Waals surface area contributed by atoms with Crippen LogP contribution in [0.25, 0.3) is 11.0 Å². The molecule has 140 valence electrons. The molecule has 0 saturated heterocycles. The molecule has 7 nitrogen and oxygen atoms in total. The van der Waals surface area contributed by atoms with Gasteiger partial charge in [0.25, 0.3) is 5.91 Å². The van der Waals surface area contributed by atoms with E-state index in [1.165, 1.54) is 18.2 Å². The van der Waals surface area contributed by atoms with Crippen molar-refractivity contribution in [1.29, 1.82) is 0 Å². The number of para-hydroxylation sites is 1. The SMILES string of the molecule is CCCS(=O)(=O)Nc1ccc(NC(=O)c2cc3ccccc3oc2=O)cc1. The van der Waals surface area contributed by atoms with Crippen molar-refractivity contribution in [2.45, 2.75) is 13.3 Å². The summed E-state index contributed by atoms with van der Waals surface area (Å²) in [5, 5.41) is 3.24. The van der Waals surface area contributed by atoms with E-state index in [2.05, 4.69) is 10.0 Å². The van der Waals surface area contributed by atoms with Crippen LogP contribution in [0.15, 0.2) is 63.8 Å². The molecular weight excluding hydrogens is 368 g/mol. The summed E-state index contributed by atoms with van der Waals surface area (Å²) >= 11 is 0. The predicted octanol–water partition coefficient (Wildman–Crippen LogP) is 3.20. The van der Waals surface area contributed by atoms with Crippen LogP contribution in [0.4, 0.5) is 11.4 Å². The summed E-state index contributed by atoms with van der Waals surface area (Å²) < 4.78 is 31.1. The highest BCUT2D eigenvalue weighted by molar-refractivity contribution is 7.92. The second-order valence-electron chi connectivity index (χ2n) is 5.94. The zero-order valence-electron chi connectivity index (χ0n) is 14.6. The number of anilines is 2. The highest BCUT2D eigenvalue weighted by Gasteiger charge is 2.14. The molecule has 1 amide bonds. The highest BCUT2D eigenvalue weighted by atomic mass is 32.2. The maximum atomic E-state index is 12.4. The Morgan fingerprint density at radius 3 is 2.41 bits per heavy atom. The summed E-state index contributed by atoms with van der Waals surface area (Å²) in [6.45, 7) is 1.78.